The molecule has 0 heterocycles. The molecule has 0 fully saturated rings. The summed E-state index contributed by atoms with van der Waals surface area (Å²) in [5.74, 6) is -2.28. The van der Waals surface area contributed by atoms with Gasteiger partial charge in [0, 0.05) is 19.8 Å². The van der Waals surface area contributed by atoms with Crippen LogP contribution >= 0.6 is 47.8 Å². The van der Waals surface area contributed by atoms with Gasteiger partial charge >= 0.3 is 0 Å². The van der Waals surface area contributed by atoms with E-state index in [0.717, 1.165) is 6.07 Å². The molecule has 0 saturated heterocycles. The van der Waals surface area contributed by atoms with Crippen LogP contribution in [0.3, 0.4) is 0 Å². The maximum Gasteiger partial charge on any atom is 0.165 e. The first-order valence-electron chi connectivity index (χ1n) is 10.7. The summed E-state index contributed by atoms with van der Waals surface area (Å²) in [4.78, 5) is 0. The van der Waals surface area contributed by atoms with Gasteiger partial charge in [0.05, 0.1) is 23.3 Å². The van der Waals surface area contributed by atoms with Crippen LogP contribution in [-0.4, -0.2) is 5.11 Å². The number of halogens is 7. The highest BCUT2D eigenvalue weighted by atomic mass is 79.9. The van der Waals surface area contributed by atoms with Crippen molar-refractivity contribution in [1.29, 1.82) is 10.5 Å². The molecule has 0 radical (unpaired) electrons. The predicted octanol–water partition coefficient (Wildman–Crippen LogP) is 9.70. The van der Waals surface area contributed by atoms with Gasteiger partial charge in [0.25, 0.3) is 0 Å². The normalized spacial score (nSPS) is 9.43. The molecular formula is C29H21Br3F4N2O2. The number of hydrogen-bond acceptors (Lipinski definition) is 4. The fraction of sp³-hybridized carbons (Fsp3) is 0.103. The molecule has 0 saturated carbocycles. The zero-order chi connectivity index (χ0) is 28.9. The molecule has 11 heteroatoms. The molecule has 4 rings (SSSR count). The third kappa shape index (κ3) is 11.0. The molecule has 0 aliphatic rings. The van der Waals surface area contributed by atoms with E-state index in [-0.39, 0.29) is 42.5 Å². The van der Waals surface area contributed by atoms with Gasteiger partial charge in [-0.15, -0.1) is 0 Å². The van der Waals surface area contributed by atoms with Crippen molar-refractivity contribution in [2.75, 3.05) is 0 Å². The number of phenolic OH excluding ortho intramolecular Hbond substituents is 1. The average molecular weight is 745 g/mol. The van der Waals surface area contributed by atoms with E-state index in [4.69, 9.17) is 20.4 Å². The van der Waals surface area contributed by atoms with Crippen LogP contribution in [0.2, 0.25) is 0 Å². The van der Waals surface area contributed by atoms with Crippen LogP contribution in [0.5, 0.6) is 11.5 Å². The fourth-order valence-electron chi connectivity index (χ4n) is 2.69. The van der Waals surface area contributed by atoms with Crippen molar-refractivity contribution in [3.8, 4) is 23.6 Å². The van der Waals surface area contributed by atoms with Crippen LogP contribution in [-0.2, 0) is 11.9 Å². The zero-order valence-corrected chi connectivity index (χ0v) is 24.5. The molecule has 0 spiro atoms. The van der Waals surface area contributed by atoms with E-state index in [2.05, 4.69) is 47.8 Å². The smallest absolute Gasteiger partial charge is 0.165 e. The Morgan fingerprint density at radius 3 is 1.62 bits per heavy atom. The van der Waals surface area contributed by atoms with Crippen LogP contribution in [0.25, 0.3) is 0 Å². The van der Waals surface area contributed by atoms with E-state index >= 15 is 0 Å². The number of nitriles is 2. The minimum atomic E-state index is -0.599. The lowest BCUT2D eigenvalue weighted by Gasteiger charge is -2.08. The monoisotopic (exact) mass is 742 g/mol. The molecule has 1 N–H and O–H groups in total. The first-order valence-corrected chi connectivity index (χ1v) is 13.4. The van der Waals surface area contributed by atoms with E-state index < -0.39 is 17.5 Å². The van der Waals surface area contributed by atoms with E-state index in [1.807, 2.05) is 12.1 Å². The van der Waals surface area contributed by atoms with Crippen molar-refractivity contribution in [2.24, 2.45) is 0 Å². The van der Waals surface area contributed by atoms with Crippen LogP contribution in [0.4, 0.5) is 17.6 Å². The highest BCUT2D eigenvalue weighted by Gasteiger charge is 2.08. The minimum Gasteiger partial charge on any atom is -0.505 e. The highest BCUT2D eigenvalue weighted by molar-refractivity contribution is 9.10. The van der Waals surface area contributed by atoms with Crippen molar-refractivity contribution in [3.63, 3.8) is 0 Å². The molecule has 0 aromatic heterocycles. The summed E-state index contributed by atoms with van der Waals surface area (Å²) in [6.07, 6.45) is 0. The third-order valence-corrected chi connectivity index (χ3v) is 6.28. The van der Waals surface area contributed by atoms with Gasteiger partial charge in [0.2, 0.25) is 0 Å². The summed E-state index contributed by atoms with van der Waals surface area (Å²) < 4.78 is 58.6. The molecule has 4 aromatic carbocycles. The molecule has 40 heavy (non-hydrogen) atoms. The number of nitrogens with zero attached hydrogens (tertiary/aromatic N) is 2. The van der Waals surface area contributed by atoms with Crippen molar-refractivity contribution in [3.05, 3.63) is 127 Å². The molecule has 208 valence electrons. The number of rotatable bonds is 4. The Balaban J connectivity index is 0.000000324. The molecule has 0 unspecified atom stereocenters. The van der Waals surface area contributed by atoms with Gasteiger partial charge in [-0.2, -0.15) is 10.5 Å². The van der Waals surface area contributed by atoms with E-state index in [1.54, 1.807) is 18.2 Å². The SMILES string of the molecule is C.N#Cc1ccc(CBr)c(F)c1.N#Cc1ccc(COc2cc(Br)ccc2F)c(F)c1.Oc1cc(Br)ccc1F. The summed E-state index contributed by atoms with van der Waals surface area (Å²) in [6.45, 7) is -0.106. The van der Waals surface area contributed by atoms with Crippen molar-refractivity contribution >= 4 is 47.8 Å². The number of ether oxygens (including phenoxy) is 1. The Hall–Kier alpha value is -3.38. The molecule has 0 amide bonds. The molecule has 0 aliphatic carbocycles. The largest absolute Gasteiger partial charge is 0.505 e. The quantitative estimate of drug-likeness (QED) is 0.167. The van der Waals surface area contributed by atoms with Crippen LogP contribution in [0.1, 0.15) is 29.7 Å². The number of aromatic hydroxyl groups is 1. The second kappa shape index (κ2) is 17.3. The van der Waals surface area contributed by atoms with Crippen LogP contribution < -0.4 is 4.74 Å². The number of phenols is 1. The first kappa shape index (κ1) is 34.6. The summed E-state index contributed by atoms with van der Waals surface area (Å²) in [7, 11) is 0. The van der Waals surface area contributed by atoms with E-state index in [9.17, 15) is 17.6 Å². The van der Waals surface area contributed by atoms with Gasteiger partial charge in [-0.05, 0) is 66.2 Å². The van der Waals surface area contributed by atoms with Crippen LogP contribution in [0, 0.1) is 45.9 Å². The van der Waals surface area contributed by atoms with Gasteiger partial charge in [-0.1, -0.05) is 67.3 Å². The summed E-state index contributed by atoms with van der Waals surface area (Å²) in [5.41, 5.74) is 1.42. The van der Waals surface area contributed by atoms with Gasteiger partial charge in [-0.25, -0.2) is 17.6 Å². The maximum atomic E-state index is 13.6. The Morgan fingerprint density at radius 1 is 0.675 bits per heavy atom. The summed E-state index contributed by atoms with van der Waals surface area (Å²) in [6, 6.07) is 20.5. The van der Waals surface area contributed by atoms with Gasteiger partial charge in [0.1, 0.15) is 18.2 Å². The Labute approximate surface area is 254 Å². The molecular weight excluding hydrogens is 724 g/mol. The molecule has 4 nitrogen and oxygen atoms in total. The fourth-order valence-corrected chi connectivity index (χ4v) is 3.83. The summed E-state index contributed by atoms with van der Waals surface area (Å²) in [5, 5.41) is 26.2. The number of alkyl halides is 1. The number of hydrogen-bond donors (Lipinski definition) is 1. The van der Waals surface area contributed by atoms with Crippen LogP contribution in [0.15, 0.2) is 81.7 Å². The summed E-state index contributed by atoms with van der Waals surface area (Å²) >= 11 is 9.40. The lowest BCUT2D eigenvalue weighted by atomic mass is 10.1. The number of benzene rings is 4. The standard InChI is InChI=1S/C14H8BrF2NO.C8H5BrFN.C6H4BrFO.CH4/c15-11-3-4-12(16)14(6-11)19-8-10-2-1-9(7-18)5-13(10)17;9-4-7-2-1-6(5-11)3-8(7)10;7-4-1-2-5(8)6(9)3-4;/h1-6H,8H2;1-3H,4H2;1-3,9H;1H4. The predicted molar refractivity (Wildman–Crippen MR) is 156 cm³/mol. The Bertz CT molecular complexity index is 1520. The average Bonchev–Trinajstić information content (AvgIpc) is 2.92. The van der Waals surface area contributed by atoms with E-state index in [0.29, 0.717) is 25.4 Å². The lowest BCUT2D eigenvalue weighted by Crippen LogP contribution is -2.00. The second-order valence-corrected chi connectivity index (χ2v) is 9.82. The molecule has 4 aromatic rings. The van der Waals surface area contributed by atoms with Gasteiger partial charge in [0.15, 0.2) is 23.1 Å². The minimum absolute atomic E-state index is 0. The lowest BCUT2D eigenvalue weighted by molar-refractivity contribution is 0.284. The molecule has 0 bridgehead atoms. The van der Waals surface area contributed by atoms with Gasteiger partial charge in [-0.3, -0.25) is 0 Å². The Kier molecular flexibility index (Phi) is 15.0. The molecule has 0 atom stereocenters. The first-order chi connectivity index (χ1) is 18.6. The zero-order valence-electron chi connectivity index (χ0n) is 19.7. The third-order valence-electron chi connectivity index (χ3n) is 4.69. The molecule has 0 aliphatic heterocycles. The highest BCUT2D eigenvalue weighted by Crippen LogP contribution is 2.24. The van der Waals surface area contributed by atoms with Crippen molar-refractivity contribution in [2.45, 2.75) is 19.4 Å². The topological polar surface area (TPSA) is 77.0 Å². The van der Waals surface area contributed by atoms with Crippen molar-refractivity contribution in [1.82, 2.24) is 0 Å². The Morgan fingerprint density at radius 2 is 1.18 bits per heavy atom. The van der Waals surface area contributed by atoms with Gasteiger partial charge < -0.3 is 9.84 Å². The maximum absolute atomic E-state index is 13.6. The second-order valence-electron chi connectivity index (χ2n) is 7.43. The van der Waals surface area contributed by atoms with E-state index in [1.165, 1.54) is 48.5 Å². The van der Waals surface area contributed by atoms with Crippen molar-refractivity contribution < 1.29 is 27.4 Å².